The zero-order valence-electron chi connectivity index (χ0n) is 19.8. The third-order valence-electron chi connectivity index (χ3n) is 6.71. The lowest BCUT2D eigenvalue weighted by Crippen LogP contribution is -2.55. The molecule has 1 unspecified atom stereocenters. The summed E-state index contributed by atoms with van der Waals surface area (Å²) < 4.78 is 1.78. The summed E-state index contributed by atoms with van der Waals surface area (Å²) in [7, 11) is 0. The van der Waals surface area contributed by atoms with Gasteiger partial charge in [0.05, 0.1) is 17.3 Å². The van der Waals surface area contributed by atoms with Gasteiger partial charge in [0.15, 0.2) is 0 Å². The summed E-state index contributed by atoms with van der Waals surface area (Å²) in [5, 5.41) is 7.90. The van der Waals surface area contributed by atoms with Gasteiger partial charge in [0, 0.05) is 44.0 Å². The number of nitrogens with one attached hydrogen (secondary N) is 1. The maximum absolute atomic E-state index is 13.7. The van der Waals surface area contributed by atoms with Crippen LogP contribution in [-0.4, -0.2) is 69.7 Å². The molecule has 2 fully saturated rings. The number of amides is 2. The molecular weight excluding hydrogens is 426 g/mol. The van der Waals surface area contributed by atoms with Gasteiger partial charge in [-0.1, -0.05) is 42.0 Å². The summed E-state index contributed by atoms with van der Waals surface area (Å²) in [6.45, 7) is 6.52. The highest BCUT2D eigenvalue weighted by Crippen LogP contribution is 2.26. The van der Waals surface area contributed by atoms with E-state index in [0.29, 0.717) is 43.5 Å². The smallest absolute Gasteiger partial charge is 0.257 e. The van der Waals surface area contributed by atoms with Crippen LogP contribution in [0.2, 0.25) is 0 Å². The molecule has 2 aromatic carbocycles. The molecule has 1 aromatic heterocycles. The van der Waals surface area contributed by atoms with Gasteiger partial charge in [0.25, 0.3) is 5.91 Å². The minimum absolute atomic E-state index is 0.0200. The number of aromatic nitrogens is 2. The number of hydrogen-bond donors (Lipinski definition) is 1. The summed E-state index contributed by atoms with van der Waals surface area (Å²) in [4.78, 5) is 30.2. The normalized spacial score (nSPS) is 17.4. The lowest BCUT2D eigenvalue weighted by molar-refractivity contribution is -0.126. The number of aryl methyl sites for hydroxylation is 1. The van der Waals surface area contributed by atoms with Crippen molar-refractivity contribution in [2.75, 3.05) is 26.2 Å². The Morgan fingerprint density at radius 1 is 1.00 bits per heavy atom. The Hall–Kier alpha value is -3.45. The number of para-hydroxylation sites is 1. The summed E-state index contributed by atoms with van der Waals surface area (Å²) in [6.07, 6.45) is 4.01. The second-order valence-electron chi connectivity index (χ2n) is 9.33. The Balaban J connectivity index is 1.36. The van der Waals surface area contributed by atoms with Gasteiger partial charge < -0.3 is 10.2 Å². The van der Waals surface area contributed by atoms with Crippen LogP contribution in [0.3, 0.4) is 0 Å². The maximum atomic E-state index is 13.7. The monoisotopic (exact) mass is 457 g/mol. The minimum Gasteiger partial charge on any atom is -0.352 e. The molecule has 0 spiro atoms. The van der Waals surface area contributed by atoms with Gasteiger partial charge >= 0.3 is 0 Å². The van der Waals surface area contributed by atoms with Crippen molar-refractivity contribution in [1.29, 1.82) is 0 Å². The lowest BCUT2D eigenvalue weighted by atomic mass is 10.0. The van der Waals surface area contributed by atoms with E-state index in [4.69, 9.17) is 5.10 Å². The van der Waals surface area contributed by atoms with Crippen LogP contribution in [-0.2, 0) is 4.79 Å². The fourth-order valence-electron chi connectivity index (χ4n) is 4.45. The molecule has 2 aliphatic rings. The molecule has 1 atom stereocenters. The first-order chi connectivity index (χ1) is 16.5. The van der Waals surface area contributed by atoms with E-state index in [-0.39, 0.29) is 17.9 Å². The van der Waals surface area contributed by atoms with Crippen molar-refractivity contribution < 1.29 is 9.59 Å². The number of carbonyl (C=O) groups excluding carboxylic acids is 2. The number of carbonyl (C=O) groups is 2. The number of hydrogen-bond acceptors (Lipinski definition) is 4. The van der Waals surface area contributed by atoms with Crippen molar-refractivity contribution in [3.8, 4) is 16.9 Å². The van der Waals surface area contributed by atoms with Gasteiger partial charge in [-0.3, -0.25) is 14.5 Å². The molecule has 1 N–H and O–H groups in total. The van der Waals surface area contributed by atoms with Crippen LogP contribution in [0.25, 0.3) is 16.9 Å². The first kappa shape index (κ1) is 22.3. The average Bonchev–Trinajstić information content (AvgIpc) is 3.57. The van der Waals surface area contributed by atoms with Crippen LogP contribution in [0.5, 0.6) is 0 Å². The molecule has 34 heavy (non-hydrogen) atoms. The van der Waals surface area contributed by atoms with Crippen molar-refractivity contribution in [3.63, 3.8) is 0 Å². The van der Waals surface area contributed by atoms with Crippen molar-refractivity contribution in [2.45, 2.75) is 38.8 Å². The third kappa shape index (κ3) is 4.75. The fourth-order valence-corrected chi connectivity index (χ4v) is 4.45. The van der Waals surface area contributed by atoms with Gasteiger partial charge in [-0.2, -0.15) is 5.10 Å². The van der Waals surface area contributed by atoms with E-state index in [1.807, 2.05) is 73.5 Å². The van der Waals surface area contributed by atoms with Crippen LogP contribution in [0.4, 0.5) is 0 Å². The molecule has 1 aliphatic heterocycles. The first-order valence-corrected chi connectivity index (χ1v) is 12.1. The highest BCUT2D eigenvalue weighted by molar-refractivity contribution is 6.00. The Labute approximate surface area is 200 Å². The fraction of sp³-hybridized carbons (Fsp3) is 0.370. The predicted molar refractivity (Wildman–Crippen MR) is 132 cm³/mol. The molecule has 0 bridgehead atoms. The predicted octanol–water partition coefficient (Wildman–Crippen LogP) is 3.27. The molecule has 1 saturated heterocycles. The molecule has 7 heteroatoms. The van der Waals surface area contributed by atoms with Crippen LogP contribution in [0.15, 0.2) is 60.8 Å². The van der Waals surface area contributed by atoms with E-state index in [1.165, 1.54) is 0 Å². The topological polar surface area (TPSA) is 70.5 Å². The van der Waals surface area contributed by atoms with Crippen LogP contribution in [0.1, 0.15) is 35.7 Å². The van der Waals surface area contributed by atoms with E-state index in [0.717, 1.165) is 29.7 Å². The lowest BCUT2D eigenvalue weighted by Gasteiger charge is -2.37. The molecular formula is C27H31N5O2. The molecule has 5 rings (SSSR count). The minimum atomic E-state index is -0.179. The van der Waals surface area contributed by atoms with E-state index in [9.17, 15) is 9.59 Å². The van der Waals surface area contributed by atoms with E-state index in [1.54, 1.807) is 4.68 Å². The molecule has 0 radical (unpaired) electrons. The highest BCUT2D eigenvalue weighted by atomic mass is 16.2. The Morgan fingerprint density at radius 3 is 2.41 bits per heavy atom. The molecule has 7 nitrogen and oxygen atoms in total. The van der Waals surface area contributed by atoms with Crippen molar-refractivity contribution in [2.24, 2.45) is 0 Å². The summed E-state index contributed by atoms with van der Waals surface area (Å²) in [5.74, 6) is 0.0709. The van der Waals surface area contributed by atoms with Gasteiger partial charge in [-0.05, 0) is 44.9 Å². The van der Waals surface area contributed by atoms with Crippen molar-refractivity contribution >= 4 is 11.8 Å². The first-order valence-electron chi connectivity index (χ1n) is 12.1. The summed E-state index contributed by atoms with van der Waals surface area (Å²) >= 11 is 0. The molecule has 1 aliphatic carbocycles. The van der Waals surface area contributed by atoms with Crippen molar-refractivity contribution in [1.82, 2.24) is 24.9 Å². The van der Waals surface area contributed by atoms with Crippen molar-refractivity contribution in [3.05, 3.63) is 71.9 Å². The second-order valence-corrected chi connectivity index (χ2v) is 9.33. The molecule has 1 saturated carbocycles. The largest absolute Gasteiger partial charge is 0.352 e. The quantitative estimate of drug-likeness (QED) is 0.617. The highest BCUT2D eigenvalue weighted by Gasteiger charge is 2.32. The number of nitrogens with zero attached hydrogens (tertiary/aromatic N) is 4. The molecule has 2 heterocycles. The summed E-state index contributed by atoms with van der Waals surface area (Å²) in [5.41, 5.74) is 4.26. The zero-order valence-corrected chi connectivity index (χ0v) is 19.8. The SMILES string of the molecule is Cc1cccc(-c2nn(-c3ccccc3)cc2C(=O)N2CCN(C(C)C(=O)NC3CC3)CC2)c1. The number of benzene rings is 2. The third-order valence-corrected chi connectivity index (χ3v) is 6.71. The molecule has 3 aromatic rings. The maximum Gasteiger partial charge on any atom is 0.257 e. The van der Waals surface area contributed by atoms with Gasteiger partial charge in [-0.15, -0.1) is 0 Å². The number of rotatable bonds is 6. The van der Waals surface area contributed by atoms with Crippen LogP contribution >= 0.6 is 0 Å². The Kier molecular flexibility index (Phi) is 6.20. The molecule has 2 amide bonds. The average molecular weight is 458 g/mol. The van der Waals surface area contributed by atoms with Gasteiger partial charge in [0.2, 0.25) is 5.91 Å². The Morgan fingerprint density at radius 2 is 1.74 bits per heavy atom. The number of piperazine rings is 1. The zero-order chi connectivity index (χ0) is 23.7. The van der Waals surface area contributed by atoms with Crippen LogP contribution in [0, 0.1) is 6.92 Å². The summed E-state index contributed by atoms with van der Waals surface area (Å²) in [6, 6.07) is 18.1. The molecule has 176 valence electrons. The van der Waals surface area contributed by atoms with E-state index in [2.05, 4.69) is 16.3 Å². The van der Waals surface area contributed by atoms with E-state index >= 15 is 0 Å². The van der Waals surface area contributed by atoms with Gasteiger partial charge in [0.1, 0.15) is 5.69 Å². The van der Waals surface area contributed by atoms with Crippen LogP contribution < -0.4 is 5.32 Å². The standard InChI is InChI=1S/C27H31N5O2/c1-19-7-6-8-21(17-19)25-24(18-32(29-25)23-9-4-3-5-10-23)27(34)31-15-13-30(14-16-31)20(2)26(33)28-22-11-12-22/h3-10,17-18,20,22H,11-16H2,1-2H3,(H,28,33). The van der Waals surface area contributed by atoms with E-state index < -0.39 is 0 Å². The Bertz CT molecular complexity index is 1180. The second kappa shape index (κ2) is 9.43. The van der Waals surface area contributed by atoms with Gasteiger partial charge in [-0.25, -0.2) is 4.68 Å².